The number of nitro groups is 1. The average molecular weight is 429 g/mol. The van der Waals surface area contributed by atoms with Gasteiger partial charge in [0, 0.05) is 49.9 Å². The van der Waals surface area contributed by atoms with Crippen LogP contribution in [0.5, 0.6) is 0 Å². The van der Waals surface area contributed by atoms with Crippen LogP contribution in [0, 0.1) is 10.1 Å². The number of benzene rings is 2. The molecule has 0 unspecified atom stereocenters. The molecule has 8 nitrogen and oxygen atoms in total. The van der Waals surface area contributed by atoms with Gasteiger partial charge in [0.2, 0.25) is 0 Å². The number of piperidine rings is 1. The summed E-state index contributed by atoms with van der Waals surface area (Å²) in [6.45, 7) is 1.65. The number of hydrogen-bond donors (Lipinski definition) is 1. The van der Waals surface area contributed by atoms with Crippen LogP contribution >= 0.6 is 11.8 Å². The lowest BCUT2D eigenvalue weighted by atomic mass is 10.1. The number of non-ortho nitro benzene ring substituents is 1. The fourth-order valence-corrected chi connectivity index (χ4v) is 3.88. The Morgan fingerprint density at radius 1 is 1.07 bits per heavy atom. The van der Waals surface area contributed by atoms with Crippen LogP contribution in [0.15, 0.2) is 47.4 Å². The van der Waals surface area contributed by atoms with Gasteiger partial charge in [-0.25, -0.2) is 0 Å². The summed E-state index contributed by atoms with van der Waals surface area (Å²) in [5.74, 6) is -0.399. The predicted molar refractivity (Wildman–Crippen MR) is 118 cm³/mol. The number of carbonyl (C=O) groups is 2. The first-order valence-corrected chi connectivity index (χ1v) is 10.5. The topological polar surface area (TPSA) is 95.8 Å². The smallest absolute Gasteiger partial charge is 0.285 e. The van der Waals surface area contributed by atoms with Gasteiger partial charge in [-0.3, -0.25) is 19.7 Å². The molecule has 0 aromatic heterocycles. The van der Waals surface area contributed by atoms with E-state index in [1.54, 1.807) is 44.4 Å². The molecule has 0 radical (unpaired) electrons. The van der Waals surface area contributed by atoms with Gasteiger partial charge in [-0.05, 0) is 61.4 Å². The second-order valence-corrected chi connectivity index (χ2v) is 8.27. The monoisotopic (exact) mass is 428 g/mol. The lowest BCUT2D eigenvalue weighted by molar-refractivity contribution is -0.384. The normalized spacial score (nSPS) is 13.6. The van der Waals surface area contributed by atoms with E-state index in [4.69, 9.17) is 0 Å². The molecular formula is C21H24N4O4S. The van der Waals surface area contributed by atoms with Crippen LogP contribution in [0.2, 0.25) is 0 Å². The number of carbonyl (C=O) groups excluding carboxylic acids is 2. The van der Waals surface area contributed by atoms with Crippen LogP contribution in [0.4, 0.5) is 21.9 Å². The molecule has 1 aliphatic heterocycles. The Morgan fingerprint density at radius 2 is 1.73 bits per heavy atom. The van der Waals surface area contributed by atoms with E-state index in [2.05, 4.69) is 10.2 Å². The van der Waals surface area contributed by atoms with Gasteiger partial charge in [0.25, 0.3) is 16.8 Å². The number of nitrogens with one attached hydrogen (secondary N) is 1. The van der Waals surface area contributed by atoms with Gasteiger partial charge in [-0.1, -0.05) is 0 Å². The van der Waals surface area contributed by atoms with Gasteiger partial charge in [0.05, 0.1) is 16.2 Å². The molecule has 1 heterocycles. The zero-order valence-electron chi connectivity index (χ0n) is 17.0. The van der Waals surface area contributed by atoms with Crippen LogP contribution in [0.25, 0.3) is 0 Å². The lowest BCUT2D eigenvalue weighted by Crippen LogP contribution is -2.31. The highest BCUT2D eigenvalue weighted by Crippen LogP contribution is 2.29. The summed E-state index contributed by atoms with van der Waals surface area (Å²) < 4.78 is 0. The molecule has 0 saturated carbocycles. The van der Waals surface area contributed by atoms with Crippen molar-refractivity contribution in [1.29, 1.82) is 0 Å². The number of nitro benzene ring substituents is 1. The van der Waals surface area contributed by atoms with Crippen molar-refractivity contribution in [3.05, 3.63) is 58.1 Å². The number of rotatable bonds is 5. The van der Waals surface area contributed by atoms with Crippen molar-refractivity contribution in [1.82, 2.24) is 4.90 Å². The third-order valence-corrected chi connectivity index (χ3v) is 5.86. The second-order valence-electron chi connectivity index (χ2n) is 7.25. The second kappa shape index (κ2) is 9.62. The minimum atomic E-state index is -0.495. The molecule has 9 heteroatoms. The Hall–Kier alpha value is -3.07. The Balaban J connectivity index is 1.80. The molecule has 0 atom stereocenters. The Labute approximate surface area is 179 Å². The minimum absolute atomic E-state index is 0.0884. The first kappa shape index (κ1) is 21.6. The lowest BCUT2D eigenvalue weighted by Gasteiger charge is -2.30. The fourth-order valence-electron chi connectivity index (χ4n) is 3.23. The first-order valence-electron chi connectivity index (χ1n) is 9.69. The van der Waals surface area contributed by atoms with Gasteiger partial charge in [-0.2, -0.15) is 0 Å². The Morgan fingerprint density at radius 3 is 2.33 bits per heavy atom. The van der Waals surface area contributed by atoms with E-state index in [0.717, 1.165) is 49.0 Å². The Kier molecular flexibility index (Phi) is 6.94. The van der Waals surface area contributed by atoms with Crippen LogP contribution in [0.1, 0.15) is 29.6 Å². The molecule has 158 valence electrons. The first-order chi connectivity index (χ1) is 14.3. The fraction of sp³-hybridized carbons (Fsp3) is 0.333. The molecule has 2 amide bonds. The number of hydrogen-bond acceptors (Lipinski definition) is 6. The van der Waals surface area contributed by atoms with Crippen molar-refractivity contribution in [3.8, 4) is 0 Å². The zero-order valence-corrected chi connectivity index (χ0v) is 17.8. The molecule has 1 saturated heterocycles. The van der Waals surface area contributed by atoms with Crippen LogP contribution in [0.3, 0.4) is 0 Å². The third-order valence-electron chi connectivity index (χ3n) is 4.81. The average Bonchev–Trinajstić information content (AvgIpc) is 2.75. The van der Waals surface area contributed by atoms with Crippen molar-refractivity contribution in [3.63, 3.8) is 0 Å². The molecule has 1 aliphatic rings. The van der Waals surface area contributed by atoms with Crippen molar-refractivity contribution < 1.29 is 14.5 Å². The Bertz CT molecular complexity index is 941. The quantitative estimate of drug-likeness (QED) is 0.424. The molecule has 0 aliphatic carbocycles. The van der Waals surface area contributed by atoms with E-state index in [1.165, 1.54) is 17.0 Å². The van der Waals surface area contributed by atoms with Crippen molar-refractivity contribution in [2.75, 3.05) is 37.4 Å². The maximum Gasteiger partial charge on any atom is 0.285 e. The SMILES string of the molecule is CN(C)C(=O)Sc1ccc(NC(=O)c2cc([N+](=O)[O-])ccc2N2CCCCC2)cc1. The van der Waals surface area contributed by atoms with E-state index in [0.29, 0.717) is 11.4 Å². The van der Waals surface area contributed by atoms with Crippen molar-refractivity contribution >= 4 is 40.0 Å². The largest absolute Gasteiger partial charge is 0.371 e. The standard InChI is InChI=1S/C21H24N4O4S/c1-23(2)21(27)30-17-9-6-15(7-10-17)22-20(26)18-14-16(25(28)29)8-11-19(18)24-12-4-3-5-13-24/h6-11,14H,3-5,12-13H2,1-2H3,(H,22,26). The van der Waals surface area contributed by atoms with E-state index in [-0.39, 0.29) is 16.5 Å². The molecule has 0 bridgehead atoms. The van der Waals surface area contributed by atoms with E-state index in [9.17, 15) is 19.7 Å². The number of amides is 2. The summed E-state index contributed by atoms with van der Waals surface area (Å²) >= 11 is 1.09. The van der Waals surface area contributed by atoms with E-state index in [1.807, 2.05) is 0 Å². The number of nitrogens with zero attached hydrogens (tertiary/aromatic N) is 3. The summed E-state index contributed by atoms with van der Waals surface area (Å²) in [5.41, 5.74) is 1.43. The zero-order chi connectivity index (χ0) is 21.7. The van der Waals surface area contributed by atoms with Crippen LogP contribution in [-0.4, -0.2) is 48.2 Å². The summed E-state index contributed by atoms with van der Waals surface area (Å²) in [6.07, 6.45) is 3.21. The van der Waals surface area contributed by atoms with Crippen molar-refractivity contribution in [2.24, 2.45) is 0 Å². The molecule has 30 heavy (non-hydrogen) atoms. The van der Waals surface area contributed by atoms with E-state index < -0.39 is 10.8 Å². The highest BCUT2D eigenvalue weighted by Gasteiger charge is 2.22. The number of thioether (sulfide) groups is 1. The summed E-state index contributed by atoms with van der Waals surface area (Å²) in [4.78, 5) is 39.9. The van der Waals surface area contributed by atoms with Gasteiger partial charge in [0.15, 0.2) is 0 Å². The molecule has 3 rings (SSSR count). The number of anilines is 2. The minimum Gasteiger partial charge on any atom is -0.371 e. The third kappa shape index (κ3) is 5.29. The summed E-state index contributed by atoms with van der Waals surface area (Å²) in [7, 11) is 3.37. The molecular weight excluding hydrogens is 404 g/mol. The highest BCUT2D eigenvalue weighted by atomic mass is 32.2. The van der Waals surface area contributed by atoms with E-state index >= 15 is 0 Å². The van der Waals surface area contributed by atoms with Crippen LogP contribution < -0.4 is 10.2 Å². The summed E-state index contributed by atoms with van der Waals surface area (Å²) in [5, 5.41) is 13.9. The molecule has 1 N–H and O–H groups in total. The molecule has 0 spiro atoms. The highest BCUT2D eigenvalue weighted by molar-refractivity contribution is 8.13. The molecule has 1 fully saturated rings. The maximum absolute atomic E-state index is 13.0. The maximum atomic E-state index is 13.0. The van der Waals surface area contributed by atoms with Crippen molar-refractivity contribution in [2.45, 2.75) is 24.2 Å². The molecule has 2 aromatic carbocycles. The van der Waals surface area contributed by atoms with Gasteiger partial charge >= 0.3 is 0 Å². The summed E-state index contributed by atoms with van der Waals surface area (Å²) in [6, 6.07) is 11.3. The predicted octanol–water partition coefficient (Wildman–Crippen LogP) is 4.61. The molecule has 2 aromatic rings. The van der Waals surface area contributed by atoms with Crippen LogP contribution in [-0.2, 0) is 0 Å². The van der Waals surface area contributed by atoms with Gasteiger partial charge < -0.3 is 15.1 Å². The van der Waals surface area contributed by atoms with Gasteiger partial charge in [-0.15, -0.1) is 0 Å². The van der Waals surface area contributed by atoms with Gasteiger partial charge in [0.1, 0.15) is 0 Å².